The number of rotatable bonds is 6. The van der Waals surface area contributed by atoms with Gasteiger partial charge in [-0.15, -0.1) is 11.3 Å². The van der Waals surface area contributed by atoms with Crippen LogP contribution in [-0.2, 0) is 6.61 Å². The summed E-state index contributed by atoms with van der Waals surface area (Å²) in [6.45, 7) is 7.55. The third-order valence-electron chi connectivity index (χ3n) is 3.26. The van der Waals surface area contributed by atoms with E-state index in [0.29, 0.717) is 29.6 Å². The standard InChI is InChI=1S/C16H19ClN2O2S/c1-4-19(5-2)16(20)15-11(3)18-14(22-15)10-21-13-8-6-12(17)7-9-13/h6-9H,4-5,10H2,1-3H3. The fourth-order valence-electron chi connectivity index (χ4n) is 2.04. The van der Waals surface area contributed by atoms with Crippen LogP contribution in [0.25, 0.3) is 0 Å². The van der Waals surface area contributed by atoms with E-state index < -0.39 is 0 Å². The quantitative estimate of drug-likeness (QED) is 0.794. The van der Waals surface area contributed by atoms with E-state index in [1.807, 2.05) is 32.9 Å². The number of thiazole rings is 1. The van der Waals surface area contributed by atoms with Gasteiger partial charge in [-0.1, -0.05) is 11.6 Å². The Labute approximate surface area is 139 Å². The van der Waals surface area contributed by atoms with Crippen LogP contribution in [0.1, 0.15) is 34.2 Å². The molecule has 0 saturated carbocycles. The molecule has 0 aliphatic rings. The number of benzene rings is 1. The first-order chi connectivity index (χ1) is 10.5. The van der Waals surface area contributed by atoms with Crippen LogP contribution in [-0.4, -0.2) is 28.9 Å². The second-order valence-electron chi connectivity index (χ2n) is 4.74. The molecule has 0 spiro atoms. The van der Waals surface area contributed by atoms with E-state index in [0.717, 1.165) is 16.5 Å². The maximum Gasteiger partial charge on any atom is 0.265 e. The van der Waals surface area contributed by atoms with Gasteiger partial charge in [0.05, 0.1) is 5.69 Å². The average molecular weight is 339 g/mol. The molecule has 0 fully saturated rings. The van der Waals surface area contributed by atoms with Crippen molar-refractivity contribution in [3.8, 4) is 5.75 Å². The van der Waals surface area contributed by atoms with Crippen LogP contribution in [0.15, 0.2) is 24.3 Å². The maximum atomic E-state index is 12.4. The van der Waals surface area contributed by atoms with Crippen LogP contribution in [0.2, 0.25) is 5.02 Å². The van der Waals surface area contributed by atoms with Crippen LogP contribution in [0.5, 0.6) is 5.75 Å². The fourth-order valence-corrected chi connectivity index (χ4v) is 3.11. The predicted octanol–water partition coefficient (Wildman–Crippen LogP) is 4.17. The van der Waals surface area contributed by atoms with Gasteiger partial charge in [-0.3, -0.25) is 4.79 Å². The van der Waals surface area contributed by atoms with Crippen molar-refractivity contribution in [3.05, 3.63) is 44.9 Å². The summed E-state index contributed by atoms with van der Waals surface area (Å²) in [7, 11) is 0. The van der Waals surface area contributed by atoms with Crippen molar-refractivity contribution < 1.29 is 9.53 Å². The molecule has 0 N–H and O–H groups in total. The van der Waals surface area contributed by atoms with E-state index in [9.17, 15) is 4.79 Å². The zero-order valence-electron chi connectivity index (χ0n) is 12.9. The van der Waals surface area contributed by atoms with Crippen LogP contribution < -0.4 is 4.74 Å². The Bertz CT molecular complexity index is 636. The lowest BCUT2D eigenvalue weighted by molar-refractivity contribution is 0.0777. The van der Waals surface area contributed by atoms with Crippen LogP contribution >= 0.6 is 22.9 Å². The highest BCUT2D eigenvalue weighted by molar-refractivity contribution is 7.13. The predicted molar refractivity (Wildman–Crippen MR) is 89.9 cm³/mol. The number of hydrogen-bond acceptors (Lipinski definition) is 4. The van der Waals surface area contributed by atoms with Crippen molar-refractivity contribution in [2.45, 2.75) is 27.4 Å². The number of carbonyl (C=O) groups is 1. The fraction of sp³-hybridized carbons (Fsp3) is 0.375. The number of halogens is 1. The molecule has 1 amide bonds. The second kappa shape index (κ2) is 7.61. The minimum atomic E-state index is 0.0396. The summed E-state index contributed by atoms with van der Waals surface area (Å²) in [5.41, 5.74) is 0.761. The number of nitrogens with zero attached hydrogens (tertiary/aromatic N) is 2. The first kappa shape index (κ1) is 16.8. The molecule has 0 aliphatic heterocycles. The monoisotopic (exact) mass is 338 g/mol. The molecule has 118 valence electrons. The number of ether oxygens (including phenoxy) is 1. The molecule has 0 aliphatic carbocycles. The number of amides is 1. The summed E-state index contributed by atoms with van der Waals surface area (Å²) in [5.74, 6) is 0.770. The van der Waals surface area contributed by atoms with E-state index in [1.165, 1.54) is 11.3 Å². The summed E-state index contributed by atoms with van der Waals surface area (Å²) in [6.07, 6.45) is 0. The highest BCUT2D eigenvalue weighted by Gasteiger charge is 2.19. The molecule has 0 bridgehead atoms. The van der Waals surface area contributed by atoms with Crippen molar-refractivity contribution in [1.82, 2.24) is 9.88 Å². The molecule has 1 aromatic heterocycles. The molecule has 0 unspecified atom stereocenters. The first-order valence-corrected chi connectivity index (χ1v) is 8.38. The summed E-state index contributed by atoms with van der Waals surface area (Å²) < 4.78 is 5.67. The molecular formula is C16H19ClN2O2S. The van der Waals surface area contributed by atoms with Gasteiger partial charge in [-0.2, -0.15) is 0 Å². The molecule has 0 radical (unpaired) electrons. The molecule has 22 heavy (non-hydrogen) atoms. The topological polar surface area (TPSA) is 42.4 Å². The molecular weight excluding hydrogens is 320 g/mol. The lowest BCUT2D eigenvalue weighted by atomic mass is 10.3. The Morgan fingerprint density at radius 2 is 1.91 bits per heavy atom. The second-order valence-corrected chi connectivity index (χ2v) is 6.26. The molecule has 4 nitrogen and oxygen atoms in total. The van der Waals surface area contributed by atoms with Crippen molar-refractivity contribution >= 4 is 28.8 Å². The van der Waals surface area contributed by atoms with Gasteiger partial charge in [0.15, 0.2) is 0 Å². The Morgan fingerprint density at radius 3 is 2.50 bits per heavy atom. The minimum Gasteiger partial charge on any atom is -0.486 e. The van der Waals surface area contributed by atoms with Crippen LogP contribution in [0.3, 0.4) is 0 Å². The van der Waals surface area contributed by atoms with Gasteiger partial charge >= 0.3 is 0 Å². The lowest BCUT2D eigenvalue weighted by Crippen LogP contribution is -2.30. The average Bonchev–Trinajstić information content (AvgIpc) is 2.89. The summed E-state index contributed by atoms with van der Waals surface area (Å²) in [6, 6.07) is 7.17. The third kappa shape index (κ3) is 3.99. The van der Waals surface area contributed by atoms with E-state index >= 15 is 0 Å². The molecule has 2 aromatic rings. The Hall–Kier alpha value is -1.59. The number of aromatic nitrogens is 1. The SMILES string of the molecule is CCN(CC)C(=O)c1sc(COc2ccc(Cl)cc2)nc1C. The zero-order chi connectivity index (χ0) is 16.1. The van der Waals surface area contributed by atoms with Crippen molar-refractivity contribution in [2.24, 2.45) is 0 Å². The molecule has 1 aromatic carbocycles. The van der Waals surface area contributed by atoms with Gasteiger partial charge < -0.3 is 9.64 Å². The van der Waals surface area contributed by atoms with Gasteiger partial charge in [-0.25, -0.2) is 4.98 Å². The Kier molecular flexibility index (Phi) is 5.80. The van der Waals surface area contributed by atoms with E-state index in [2.05, 4.69) is 4.98 Å². The molecule has 2 rings (SSSR count). The summed E-state index contributed by atoms with van der Waals surface area (Å²) in [4.78, 5) is 19.3. The largest absolute Gasteiger partial charge is 0.486 e. The molecule has 0 atom stereocenters. The smallest absolute Gasteiger partial charge is 0.265 e. The molecule has 0 saturated heterocycles. The lowest BCUT2D eigenvalue weighted by Gasteiger charge is -2.17. The van der Waals surface area contributed by atoms with Gasteiger partial charge in [0, 0.05) is 18.1 Å². The first-order valence-electron chi connectivity index (χ1n) is 7.19. The van der Waals surface area contributed by atoms with Gasteiger partial charge in [-0.05, 0) is 45.0 Å². The van der Waals surface area contributed by atoms with Crippen LogP contribution in [0, 0.1) is 6.92 Å². The number of carbonyl (C=O) groups excluding carboxylic acids is 1. The number of hydrogen-bond donors (Lipinski definition) is 0. The Morgan fingerprint density at radius 1 is 1.27 bits per heavy atom. The van der Waals surface area contributed by atoms with E-state index in [4.69, 9.17) is 16.3 Å². The minimum absolute atomic E-state index is 0.0396. The number of aryl methyl sites for hydroxylation is 1. The summed E-state index contributed by atoms with van der Waals surface area (Å²) in [5, 5.41) is 1.47. The van der Waals surface area contributed by atoms with E-state index in [1.54, 1.807) is 17.0 Å². The third-order valence-corrected chi connectivity index (χ3v) is 4.63. The van der Waals surface area contributed by atoms with Crippen LogP contribution in [0.4, 0.5) is 0 Å². The Balaban J connectivity index is 2.06. The highest BCUT2D eigenvalue weighted by atomic mass is 35.5. The summed E-state index contributed by atoms with van der Waals surface area (Å²) >= 11 is 7.23. The van der Waals surface area contributed by atoms with Crippen molar-refractivity contribution in [3.63, 3.8) is 0 Å². The molecule has 6 heteroatoms. The van der Waals surface area contributed by atoms with Gasteiger partial charge in [0.1, 0.15) is 22.2 Å². The zero-order valence-corrected chi connectivity index (χ0v) is 14.5. The highest BCUT2D eigenvalue weighted by Crippen LogP contribution is 2.22. The van der Waals surface area contributed by atoms with Crippen molar-refractivity contribution in [2.75, 3.05) is 13.1 Å². The normalized spacial score (nSPS) is 10.5. The van der Waals surface area contributed by atoms with Gasteiger partial charge in [0.2, 0.25) is 0 Å². The molecule has 1 heterocycles. The van der Waals surface area contributed by atoms with Crippen molar-refractivity contribution in [1.29, 1.82) is 0 Å². The van der Waals surface area contributed by atoms with Gasteiger partial charge in [0.25, 0.3) is 5.91 Å². The van der Waals surface area contributed by atoms with E-state index in [-0.39, 0.29) is 5.91 Å². The maximum absolute atomic E-state index is 12.4.